The average Bonchev–Trinajstić information content (AvgIpc) is 2.57. The molecule has 2 aromatic carbocycles. The van der Waals surface area contributed by atoms with E-state index >= 15 is 0 Å². The van der Waals surface area contributed by atoms with Crippen molar-refractivity contribution in [2.24, 2.45) is 0 Å². The van der Waals surface area contributed by atoms with Crippen LogP contribution in [-0.4, -0.2) is 21.1 Å². The topological polar surface area (TPSA) is 0 Å². The highest BCUT2D eigenvalue weighted by atomic mass is 32.7. The third kappa shape index (κ3) is 3.63. The summed E-state index contributed by atoms with van der Waals surface area (Å²) in [5.41, 5.74) is 0. The summed E-state index contributed by atoms with van der Waals surface area (Å²) in [5, 5.41) is 4.56. The molecule has 1 heterocycles. The second-order valence-electron chi connectivity index (χ2n) is 5.95. The van der Waals surface area contributed by atoms with Crippen molar-refractivity contribution in [1.82, 2.24) is 0 Å². The van der Waals surface area contributed by atoms with Crippen LogP contribution >= 0.6 is 41.4 Å². The zero-order valence-electron chi connectivity index (χ0n) is 13.9. The Bertz CT molecular complexity index is 568. The van der Waals surface area contributed by atoms with Crippen LogP contribution in [0.3, 0.4) is 0 Å². The van der Waals surface area contributed by atoms with Gasteiger partial charge in [0.25, 0.3) is 0 Å². The maximum atomic E-state index is 2.40. The first kappa shape index (κ1) is 17.7. The Morgan fingerprint density at radius 3 is 1.65 bits per heavy atom. The monoisotopic (exact) mass is 379 g/mol. The van der Waals surface area contributed by atoms with E-state index in [1.54, 1.807) is 0 Å². The SMILES string of the molecule is CS[P+](c1ccccc1)(c1ccccc1)C1S[C@H](C)C[C@H](C)S1. The van der Waals surface area contributed by atoms with E-state index in [0.29, 0.717) is 4.32 Å². The van der Waals surface area contributed by atoms with E-state index in [1.807, 2.05) is 0 Å². The number of hydrogen-bond acceptors (Lipinski definition) is 3. The molecular formula is C19H24PS3+. The molecule has 23 heavy (non-hydrogen) atoms. The third-order valence-corrected chi connectivity index (χ3v) is 17.0. The Kier molecular flexibility index (Phi) is 6.07. The fraction of sp³-hybridized carbons (Fsp3) is 0.368. The molecule has 1 saturated heterocycles. The van der Waals surface area contributed by atoms with Crippen LogP contribution in [0.1, 0.15) is 20.3 Å². The van der Waals surface area contributed by atoms with E-state index in [4.69, 9.17) is 0 Å². The van der Waals surface area contributed by atoms with Crippen molar-refractivity contribution in [3.05, 3.63) is 60.7 Å². The van der Waals surface area contributed by atoms with E-state index in [1.165, 1.54) is 17.0 Å². The van der Waals surface area contributed by atoms with E-state index < -0.39 is 6.46 Å². The first-order valence-corrected chi connectivity index (χ1v) is 13.6. The van der Waals surface area contributed by atoms with E-state index in [-0.39, 0.29) is 0 Å². The number of hydrogen-bond donors (Lipinski definition) is 0. The van der Waals surface area contributed by atoms with Crippen LogP contribution in [0.2, 0.25) is 0 Å². The summed E-state index contributed by atoms with van der Waals surface area (Å²) in [5.74, 6) is 0. The molecule has 4 heteroatoms. The summed E-state index contributed by atoms with van der Waals surface area (Å²) in [6, 6.07) is 22.5. The van der Waals surface area contributed by atoms with Crippen LogP contribution in [0.15, 0.2) is 60.7 Å². The van der Waals surface area contributed by atoms with Gasteiger partial charge in [-0.15, -0.1) is 23.5 Å². The molecule has 1 aliphatic rings. The second kappa shape index (κ2) is 7.87. The highest BCUT2D eigenvalue weighted by Gasteiger charge is 2.53. The van der Waals surface area contributed by atoms with Gasteiger partial charge in [0.05, 0.1) is 0 Å². The molecule has 0 N–H and O–H groups in total. The van der Waals surface area contributed by atoms with Crippen molar-refractivity contribution in [3.63, 3.8) is 0 Å². The molecule has 0 aromatic heterocycles. The van der Waals surface area contributed by atoms with Crippen LogP contribution in [0.5, 0.6) is 0 Å². The summed E-state index contributed by atoms with van der Waals surface area (Å²) < 4.78 is 0.640. The van der Waals surface area contributed by atoms with Gasteiger partial charge in [0.2, 0.25) is 0 Å². The molecule has 0 bridgehead atoms. The normalized spacial score (nSPS) is 25.3. The Balaban J connectivity index is 2.13. The lowest BCUT2D eigenvalue weighted by Gasteiger charge is -2.37. The summed E-state index contributed by atoms with van der Waals surface area (Å²) in [4.78, 5) is 0. The highest BCUT2D eigenvalue weighted by Crippen LogP contribution is 2.77. The lowest BCUT2D eigenvalue weighted by atomic mass is 10.3. The van der Waals surface area contributed by atoms with Gasteiger partial charge < -0.3 is 0 Å². The first-order valence-electron chi connectivity index (χ1n) is 8.03. The Morgan fingerprint density at radius 1 is 0.826 bits per heavy atom. The zero-order chi connectivity index (χ0) is 16.3. The van der Waals surface area contributed by atoms with E-state index in [2.05, 4.69) is 116 Å². The van der Waals surface area contributed by atoms with Crippen molar-refractivity contribution in [2.45, 2.75) is 35.1 Å². The molecule has 3 atom stereocenters. The van der Waals surface area contributed by atoms with Gasteiger partial charge >= 0.3 is 0 Å². The molecule has 0 nitrogen and oxygen atoms in total. The second-order valence-corrected chi connectivity index (χ2v) is 16.1. The quantitative estimate of drug-likeness (QED) is 0.610. The molecule has 2 aromatic rings. The number of thioether (sulfide) groups is 2. The van der Waals surface area contributed by atoms with Gasteiger partial charge in [-0.3, -0.25) is 0 Å². The molecule has 122 valence electrons. The van der Waals surface area contributed by atoms with Gasteiger partial charge in [-0.25, -0.2) is 0 Å². The molecule has 0 spiro atoms. The Labute approximate surface area is 153 Å². The highest BCUT2D eigenvalue weighted by molar-refractivity contribution is 8.70. The maximum absolute atomic E-state index is 2.40. The Morgan fingerprint density at radius 2 is 1.26 bits per heavy atom. The zero-order valence-corrected chi connectivity index (χ0v) is 17.2. The van der Waals surface area contributed by atoms with Crippen LogP contribution in [0.25, 0.3) is 0 Å². The summed E-state index contributed by atoms with van der Waals surface area (Å²) >= 11 is 6.51. The fourth-order valence-electron chi connectivity index (χ4n) is 3.17. The number of benzene rings is 2. The van der Waals surface area contributed by atoms with Gasteiger partial charge in [-0.1, -0.05) is 50.2 Å². The maximum Gasteiger partial charge on any atom is 0.180 e. The Hall–Kier alpha value is -0.0800. The lowest BCUT2D eigenvalue weighted by molar-refractivity contribution is 0.797. The molecule has 1 unspecified atom stereocenters. The molecule has 0 amide bonds. The minimum absolute atomic E-state index is 0.640. The first-order chi connectivity index (χ1) is 11.2. The molecule has 0 saturated carbocycles. The van der Waals surface area contributed by atoms with Crippen LogP contribution in [0, 0.1) is 0 Å². The van der Waals surface area contributed by atoms with Gasteiger partial charge in [0.15, 0.2) is 10.8 Å². The molecule has 0 aliphatic carbocycles. The van der Waals surface area contributed by atoms with Crippen molar-refractivity contribution in [2.75, 3.05) is 6.26 Å². The third-order valence-electron chi connectivity index (χ3n) is 4.23. The smallest absolute Gasteiger partial charge is 0.102 e. The predicted molar refractivity (Wildman–Crippen MR) is 115 cm³/mol. The van der Waals surface area contributed by atoms with Gasteiger partial charge in [0, 0.05) is 28.1 Å². The molecular weight excluding hydrogens is 355 g/mol. The predicted octanol–water partition coefficient (Wildman–Crippen LogP) is 5.86. The summed E-state index contributed by atoms with van der Waals surface area (Å²) in [6.07, 6.45) is 3.64. The minimum Gasteiger partial charge on any atom is -0.102 e. The number of rotatable bonds is 4. The van der Waals surface area contributed by atoms with Crippen LogP contribution < -0.4 is 10.6 Å². The van der Waals surface area contributed by atoms with E-state index in [9.17, 15) is 0 Å². The van der Waals surface area contributed by atoms with Crippen molar-refractivity contribution >= 4 is 52.0 Å². The van der Waals surface area contributed by atoms with Crippen LogP contribution in [-0.2, 0) is 0 Å². The van der Waals surface area contributed by atoms with Gasteiger partial charge in [-0.2, -0.15) is 0 Å². The summed E-state index contributed by atoms with van der Waals surface area (Å²) in [6.45, 7) is 3.31. The molecule has 3 rings (SSSR count). The van der Waals surface area contributed by atoms with Gasteiger partial charge in [-0.05, 0) is 30.7 Å². The van der Waals surface area contributed by atoms with Crippen molar-refractivity contribution in [3.8, 4) is 0 Å². The fourth-order valence-corrected chi connectivity index (χ4v) is 17.9. The molecule has 1 aliphatic heterocycles. The lowest BCUT2D eigenvalue weighted by Crippen LogP contribution is -2.31. The van der Waals surface area contributed by atoms with E-state index in [0.717, 1.165) is 10.5 Å². The standard InChI is InChI=1S/C19H24PS3/c1-15-14-16(2)23-19(22-15)20(21-3,17-10-6-4-7-11-17)18-12-8-5-9-13-18/h4-13,15-16,19H,14H2,1-3H3/q+1/t15-,16+,19?. The summed E-state index contributed by atoms with van der Waals surface area (Å²) in [7, 11) is 0. The largest absolute Gasteiger partial charge is 0.180 e. The average molecular weight is 380 g/mol. The molecule has 0 radical (unpaired) electrons. The minimum atomic E-state index is -1.49. The van der Waals surface area contributed by atoms with Gasteiger partial charge in [0.1, 0.15) is 10.6 Å². The van der Waals surface area contributed by atoms with Crippen molar-refractivity contribution < 1.29 is 0 Å². The van der Waals surface area contributed by atoms with Crippen molar-refractivity contribution in [1.29, 1.82) is 0 Å². The molecule has 1 fully saturated rings. The van der Waals surface area contributed by atoms with Crippen LogP contribution in [0.4, 0.5) is 0 Å².